The molecule has 0 unspecified atom stereocenters. The number of benzene rings is 1. The van der Waals surface area contributed by atoms with E-state index in [4.69, 9.17) is 0 Å². The minimum Gasteiger partial charge on any atom is -0.300 e. The lowest BCUT2D eigenvalue weighted by Crippen LogP contribution is -2.26. The maximum atomic E-state index is 12.1. The molecule has 3 rings (SSSR count). The maximum absolute atomic E-state index is 12.1. The van der Waals surface area contributed by atoms with E-state index in [-0.39, 0.29) is 12.2 Å². The van der Waals surface area contributed by atoms with E-state index in [0.717, 1.165) is 32.9 Å². The molecule has 0 aliphatic rings. The van der Waals surface area contributed by atoms with Crippen molar-refractivity contribution in [3.05, 3.63) is 72.9 Å². The second-order valence-electron chi connectivity index (χ2n) is 5.21. The summed E-state index contributed by atoms with van der Waals surface area (Å²) in [5.41, 5.74) is 0.841. The number of hydrogen-bond donors (Lipinski definition) is 1. The SMILES string of the molecule is O=C(Cn1cc([N+](=O)[O-])ccc1=O)Nc1nc(-c2cccc(Br)c2)cs1. The Balaban J connectivity index is 1.72. The zero-order chi connectivity index (χ0) is 18.7. The van der Waals surface area contributed by atoms with Gasteiger partial charge in [-0.3, -0.25) is 24.3 Å². The molecular weight excluding hydrogens is 424 g/mol. The molecule has 1 N–H and O–H groups in total. The number of carbonyl (C=O) groups excluding carboxylic acids is 1. The van der Waals surface area contributed by atoms with E-state index >= 15 is 0 Å². The highest BCUT2D eigenvalue weighted by atomic mass is 79.9. The number of rotatable bonds is 5. The van der Waals surface area contributed by atoms with E-state index in [9.17, 15) is 19.7 Å². The van der Waals surface area contributed by atoms with Gasteiger partial charge in [0.05, 0.1) is 16.8 Å². The summed E-state index contributed by atoms with van der Waals surface area (Å²) in [5, 5.41) is 15.6. The third-order valence-corrected chi connectivity index (χ3v) is 4.61. The molecule has 2 aromatic heterocycles. The van der Waals surface area contributed by atoms with E-state index in [1.165, 1.54) is 11.3 Å². The highest BCUT2D eigenvalue weighted by Crippen LogP contribution is 2.26. The van der Waals surface area contributed by atoms with Crippen LogP contribution in [0.25, 0.3) is 11.3 Å². The van der Waals surface area contributed by atoms with Crippen LogP contribution in [0.15, 0.2) is 57.2 Å². The molecule has 8 nitrogen and oxygen atoms in total. The Bertz CT molecular complexity index is 1050. The topological polar surface area (TPSA) is 107 Å². The molecule has 0 fully saturated rings. The summed E-state index contributed by atoms with van der Waals surface area (Å²) in [6.07, 6.45) is 1.04. The molecule has 2 heterocycles. The molecule has 1 aromatic carbocycles. The zero-order valence-corrected chi connectivity index (χ0v) is 15.5. The average Bonchev–Trinajstić information content (AvgIpc) is 3.05. The van der Waals surface area contributed by atoms with Crippen LogP contribution in [-0.4, -0.2) is 20.4 Å². The van der Waals surface area contributed by atoms with Crippen LogP contribution < -0.4 is 10.9 Å². The standard InChI is InChI=1S/C16H11BrN4O4S/c17-11-3-1-2-10(6-11)13-9-26-16(18-13)19-14(22)8-20-7-12(21(24)25)4-5-15(20)23/h1-7,9H,8H2,(H,18,19,22). The number of amides is 1. The summed E-state index contributed by atoms with van der Waals surface area (Å²) in [4.78, 5) is 38.4. The maximum Gasteiger partial charge on any atom is 0.285 e. The van der Waals surface area contributed by atoms with Gasteiger partial charge < -0.3 is 5.32 Å². The molecule has 0 radical (unpaired) electrons. The second kappa shape index (κ2) is 7.58. The molecule has 0 saturated carbocycles. The van der Waals surface area contributed by atoms with Crippen molar-refractivity contribution in [2.45, 2.75) is 6.54 Å². The predicted molar refractivity (Wildman–Crippen MR) is 101 cm³/mol. The Morgan fingerprint density at radius 1 is 1.35 bits per heavy atom. The normalized spacial score (nSPS) is 10.5. The Kier molecular flexibility index (Phi) is 5.24. The van der Waals surface area contributed by atoms with Gasteiger partial charge in [-0.05, 0) is 12.1 Å². The van der Waals surface area contributed by atoms with Crippen LogP contribution in [0.3, 0.4) is 0 Å². The molecule has 0 saturated heterocycles. The molecule has 26 heavy (non-hydrogen) atoms. The molecule has 0 aliphatic heterocycles. The monoisotopic (exact) mass is 434 g/mol. The van der Waals surface area contributed by atoms with Crippen LogP contribution in [0.1, 0.15) is 0 Å². The Morgan fingerprint density at radius 3 is 2.88 bits per heavy atom. The van der Waals surface area contributed by atoms with Gasteiger partial charge >= 0.3 is 0 Å². The van der Waals surface area contributed by atoms with Crippen molar-refractivity contribution in [3.63, 3.8) is 0 Å². The fourth-order valence-corrected chi connectivity index (χ4v) is 3.31. The van der Waals surface area contributed by atoms with Crippen molar-refractivity contribution in [1.82, 2.24) is 9.55 Å². The second-order valence-corrected chi connectivity index (χ2v) is 6.98. The van der Waals surface area contributed by atoms with Gasteiger partial charge in [0.25, 0.3) is 11.2 Å². The lowest BCUT2D eigenvalue weighted by atomic mass is 10.2. The number of nitrogens with one attached hydrogen (secondary N) is 1. The number of pyridine rings is 1. The zero-order valence-electron chi connectivity index (χ0n) is 13.1. The van der Waals surface area contributed by atoms with Gasteiger partial charge in [0, 0.05) is 27.5 Å². The Labute approximate surface area is 159 Å². The highest BCUT2D eigenvalue weighted by Gasteiger charge is 2.12. The summed E-state index contributed by atoms with van der Waals surface area (Å²) in [7, 11) is 0. The lowest BCUT2D eigenvalue weighted by molar-refractivity contribution is -0.385. The van der Waals surface area contributed by atoms with Gasteiger partial charge in [-0.2, -0.15) is 0 Å². The van der Waals surface area contributed by atoms with Crippen molar-refractivity contribution >= 4 is 44.0 Å². The fraction of sp³-hybridized carbons (Fsp3) is 0.0625. The van der Waals surface area contributed by atoms with Crippen LogP contribution in [0.4, 0.5) is 10.8 Å². The first-order valence-electron chi connectivity index (χ1n) is 7.28. The highest BCUT2D eigenvalue weighted by molar-refractivity contribution is 9.10. The van der Waals surface area contributed by atoms with Gasteiger partial charge in [0.2, 0.25) is 5.91 Å². The number of anilines is 1. The number of nitro groups is 1. The average molecular weight is 435 g/mol. The van der Waals surface area contributed by atoms with Crippen LogP contribution in [0.2, 0.25) is 0 Å². The van der Waals surface area contributed by atoms with Crippen LogP contribution in [-0.2, 0) is 11.3 Å². The van der Waals surface area contributed by atoms with E-state index in [2.05, 4.69) is 26.2 Å². The van der Waals surface area contributed by atoms with Crippen LogP contribution in [0, 0.1) is 10.1 Å². The molecule has 0 spiro atoms. The molecule has 132 valence electrons. The fourth-order valence-electron chi connectivity index (χ4n) is 2.18. The number of hydrogen-bond acceptors (Lipinski definition) is 6. The van der Waals surface area contributed by atoms with Gasteiger partial charge in [0.15, 0.2) is 5.13 Å². The number of carbonyl (C=O) groups is 1. The van der Waals surface area contributed by atoms with Gasteiger partial charge in [0.1, 0.15) is 6.54 Å². The third kappa shape index (κ3) is 4.21. The van der Waals surface area contributed by atoms with Crippen LogP contribution >= 0.6 is 27.3 Å². The van der Waals surface area contributed by atoms with Crippen molar-refractivity contribution in [2.75, 3.05) is 5.32 Å². The smallest absolute Gasteiger partial charge is 0.285 e. The first-order valence-corrected chi connectivity index (χ1v) is 8.96. The predicted octanol–water partition coefficient (Wildman–Crippen LogP) is 3.28. The molecular formula is C16H11BrN4O4S. The quantitative estimate of drug-likeness (QED) is 0.489. The van der Waals surface area contributed by atoms with Crippen LogP contribution in [0.5, 0.6) is 0 Å². The Morgan fingerprint density at radius 2 is 2.15 bits per heavy atom. The van der Waals surface area contributed by atoms with E-state index in [1.54, 1.807) is 5.38 Å². The van der Waals surface area contributed by atoms with Crippen molar-refractivity contribution < 1.29 is 9.72 Å². The minimum atomic E-state index is -0.626. The number of thiazole rings is 1. The van der Waals surface area contributed by atoms with E-state index in [1.807, 2.05) is 24.3 Å². The summed E-state index contributed by atoms with van der Waals surface area (Å²) >= 11 is 4.64. The first kappa shape index (κ1) is 18.0. The summed E-state index contributed by atoms with van der Waals surface area (Å²) in [5.74, 6) is -0.497. The Hall–Kier alpha value is -2.85. The summed E-state index contributed by atoms with van der Waals surface area (Å²) in [6.45, 7) is -0.341. The van der Waals surface area contributed by atoms with Gasteiger partial charge in [-0.25, -0.2) is 4.98 Å². The number of halogens is 1. The summed E-state index contributed by atoms with van der Waals surface area (Å²) < 4.78 is 1.90. The van der Waals surface area contributed by atoms with Crippen molar-refractivity contribution in [3.8, 4) is 11.3 Å². The molecule has 0 bridgehead atoms. The minimum absolute atomic E-state index is 0.261. The van der Waals surface area contributed by atoms with E-state index in [0.29, 0.717) is 10.8 Å². The lowest BCUT2D eigenvalue weighted by Gasteiger charge is -2.05. The molecule has 0 atom stereocenters. The number of nitrogens with zero attached hydrogens (tertiary/aromatic N) is 3. The third-order valence-electron chi connectivity index (χ3n) is 3.36. The molecule has 10 heteroatoms. The van der Waals surface area contributed by atoms with Gasteiger partial charge in [-0.15, -0.1) is 11.3 Å². The van der Waals surface area contributed by atoms with Gasteiger partial charge in [-0.1, -0.05) is 28.1 Å². The van der Waals surface area contributed by atoms with Crippen molar-refractivity contribution in [1.29, 1.82) is 0 Å². The first-order chi connectivity index (χ1) is 12.4. The summed E-state index contributed by atoms with van der Waals surface area (Å²) in [6, 6.07) is 9.74. The molecule has 0 aliphatic carbocycles. The largest absolute Gasteiger partial charge is 0.300 e. The molecule has 1 amide bonds. The van der Waals surface area contributed by atoms with E-state index < -0.39 is 16.4 Å². The number of aromatic nitrogens is 2. The molecule has 3 aromatic rings. The van der Waals surface area contributed by atoms with Crippen molar-refractivity contribution in [2.24, 2.45) is 0 Å².